The molecule has 0 bridgehead atoms. The van der Waals surface area contributed by atoms with Crippen molar-refractivity contribution >= 4 is 12.2 Å². The minimum absolute atomic E-state index is 0.0444. The lowest BCUT2D eigenvalue weighted by molar-refractivity contribution is 0.0936. The molecule has 0 aliphatic carbocycles. The van der Waals surface area contributed by atoms with Crippen molar-refractivity contribution in [3.05, 3.63) is 149 Å². The lowest BCUT2D eigenvalue weighted by Gasteiger charge is -2.28. The van der Waals surface area contributed by atoms with Gasteiger partial charge in [0.2, 0.25) is 0 Å². The summed E-state index contributed by atoms with van der Waals surface area (Å²) in [5, 5.41) is 3.40. The Kier molecular flexibility index (Phi) is 12.6. The van der Waals surface area contributed by atoms with Crippen LogP contribution in [0.25, 0.3) is 6.08 Å². The Hall–Kier alpha value is -5.09. The number of nitrogens with zero attached hydrogens (tertiary/aromatic N) is 5. The van der Waals surface area contributed by atoms with E-state index in [1.54, 1.807) is 23.4 Å². The van der Waals surface area contributed by atoms with Crippen LogP contribution in [-0.4, -0.2) is 56.3 Å². The molecule has 2 aliphatic rings. The second-order valence-corrected chi connectivity index (χ2v) is 13.7. The molecule has 2 saturated heterocycles. The van der Waals surface area contributed by atoms with Crippen LogP contribution >= 0.6 is 0 Å². The predicted molar refractivity (Wildman–Crippen MR) is 200 cm³/mol. The number of amides is 1. The van der Waals surface area contributed by atoms with Crippen molar-refractivity contribution < 1.29 is 18.3 Å². The molecular formula is C42H48F2N6O2. The van der Waals surface area contributed by atoms with Crippen molar-refractivity contribution in [1.82, 2.24) is 29.3 Å². The van der Waals surface area contributed by atoms with Gasteiger partial charge in [-0.25, -0.2) is 23.5 Å². The molecule has 1 amide bonds. The minimum atomic E-state index is -0.266. The SMILES string of the molecule is C[C@H](c1ccc(F)cc1)n1cncc1C=C1CCN(C(=O)OCc2ccccc2)CC1.C[C@H](c1ccc(F)cc1)n1cncc1CC1CCNCC1. The fourth-order valence-electron chi connectivity index (χ4n) is 6.92. The van der Waals surface area contributed by atoms with Crippen LogP contribution in [0.2, 0.25) is 0 Å². The number of benzene rings is 3. The Morgan fingerprint density at radius 1 is 0.827 bits per heavy atom. The Morgan fingerprint density at radius 3 is 2.04 bits per heavy atom. The second kappa shape index (κ2) is 17.9. The molecule has 3 aromatic carbocycles. The number of nitrogens with one attached hydrogen (secondary N) is 1. The van der Waals surface area contributed by atoms with Crippen LogP contribution in [0.15, 0.2) is 109 Å². The Bertz CT molecular complexity index is 1870. The summed E-state index contributed by atoms with van der Waals surface area (Å²) in [5.41, 5.74) is 6.68. The van der Waals surface area contributed by atoms with E-state index in [1.807, 2.05) is 61.2 Å². The van der Waals surface area contributed by atoms with Crippen LogP contribution in [-0.2, 0) is 17.8 Å². The molecule has 0 unspecified atom stereocenters. The highest BCUT2D eigenvalue weighted by molar-refractivity contribution is 5.68. The summed E-state index contributed by atoms with van der Waals surface area (Å²) in [7, 11) is 0. The first-order valence-electron chi connectivity index (χ1n) is 18.2. The summed E-state index contributed by atoms with van der Waals surface area (Å²) in [4.78, 5) is 22.8. The highest BCUT2D eigenvalue weighted by Gasteiger charge is 2.21. The monoisotopic (exact) mass is 706 g/mol. The van der Waals surface area contributed by atoms with E-state index in [4.69, 9.17) is 4.74 Å². The number of carbonyl (C=O) groups excluding carboxylic acids is 1. The van der Waals surface area contributed by atoms with Gasteiger partial charge in [0.15, 0.2) is 0 Å². The third-order valence-corrected chi connectivity index (χ3v) is 10.2. The highest BCUT2D eigenvalue weighted by atomic mass is 19.1. The maximum atomic E-state index is 13.2. The standard InChI is InChI=1S/C25H26FN3O2.C17H22FN3/c1-19(22-7-9-23(26)10-8-22)29-18-27-16-24(29)15-20-11-13-28(14-12-20)25(30)31-17-21-5-3-2-4-6-21;1-13(15-2-4-16(18)5-3-15)21-12-20-11-17(21)10-14-6-8-19-9-7-14/h2-10,15-16,18-19H,11-14,17H2,1H3;2-5,11-14,19H,6-10H2,1H3/t19-;13-/m11/s1. The minimum Gasteiger partial charge on any atom is -0.445 e. The predicted octanol–water partition coefficient (Wildman–Crippen LogP) is 8.62. The molecule has 0 saturated carbocycles. The molecule has 2 fully saturated rings. The van der Waals surface area contributed by atoms with Gasteiger partial charge in [-0.2, -0.15) is 0 Å². The number of hydrogen-bond donors (Lipinski definition) is 1. The summed E-state index contributed by atoms with van der Waals surface area (Å²) in [6.45, 7) is 8.02. The Morgan fingerprint density at radius 2 is 1.40 bits per heavy atom. The molecule has 8 nitrogen and oxygen atoms in total. The van der Waals surface area contributed by atoms with Crippen molar-refractivity contribution in [2.24, 2.45) is 5.92 Å². The van der Waals surface area contributed by atoms with Gasteiger partial charge in [-0.3, -0.25) is 0 Å². The van der Waals surface area contributed by atoms with Gasteiger partial charge in [-0.15, -0.1) is 0 Å². The van der Waals surface area contributed by atoms with Crippen molar-refractivity contribution in [1.29, 1.82) is 0 Å². The lowest BCUT2D eigenvalue weighted by Crippen LogP contribution is -2.36. The van der Waals surface area contributed by atoms with E-state index in [0.717, 1.165) is 60.7 Å². The zero-order chi connectivity index (χ0) is 36.3. The van der Waals surface area contributed by atoms with E-state index < -0.39 is 0 Å². The molecule has 10 heteroatoms. The first kappa shape index (κ1) is 36.7. The summed E-state index contributed by atoms with van der Waals surface area (Å²) < 4.78 is 36.0. The van der Waals surface area contributed by atoms with E-state index in [-0.39, 0.29) is 29.8 Å². The molecule has 0 radical (unpaired) electrons. The molecule has 1 N–H and O–H groups in total. The van der Waals surface area contributed by atoms with Crippen molar-refractivity contribution in [2.75, 3.05) is 26.2 Å². The van der Waals surface area contributed by atoms with E-state index in [9.17, 15) is 13.6 Å². The number of carbonyl (C=O) groups is 1. The van der Waals surface area contributed by atoms with Gasteiger partial charge in [0.1, 0.15) is 18.2 Å². The Balaban J connectivity index is 0.000000192. The number of piperidine rings is 2. The van der Waals surface area contributed by atoms with Gasteiger partial charge in [0, 0.05) is 25.0 Å². The molecule has 2 aliphatic heterocycles. The fraction of sp³-hybridized carbons (Fsp3) is 0.357. The van der Waals surface area contributed by atoms with Gasteiger partial charge in [-0.05, 0) is 112 Å². The van der Waals surface area contributed by atoms with Crippen molar-refractivity contribution in [3.8, 4) is 0 Å². The first-order valence-corrected chi connectivity index (χ1v) is 18.2. The van der Waals surface area contributed by atoms with E-state index >= 15 is 0 Å². The van der Waals surface area contributed by atoms with E-state index in [0.29, 0.717) is 19.7 Å². The quantitative estimate of drug-likeness (QED) is 0.166. The third kappa shape index (κ3) is 9.82. The summed E-state index contributed by atoms with van der Waals surface area (Å²) >= 11 is 0. The molecular weight excluding hydrogens is 658 g/mol. The lowest BCUT2D eigenvalue weighted by atomic mass is 9.93. The molecule has 272 valence electrons. The largest absolute Gasteiger partial charge is 0.445 e. The molecule has 7 rings (SSSR count). The zero-order valence-corrected chi connectivity index (χ0v) is 30.0. The van der Waals surface area contributed by atoms with Gasteiger partial charge in [0.25, 0.3) is 0 Å². The number of halogens is 2. The second-order valence-electron chi connectivity index (χ2n) is 13.7. The third-order valence-electron chi connectivity index (χ3n) is 10.2. The summed E-state index contributed by atoms with van der Waals surface area (Å²) in [6.07, 6.45) is 14.5. The maximum absolute atomic E-state index is 13.2. The van der Waals surface area contributed by atoms with Crippen molar-refractivity contribution in [2.45, 2.75) is 64.6 Å². The molecule has 2 aromatic heterocycles. The summed E-state index contributed by atoms with van der Waals surface area (Å²) in [6, 6.07) is 23.2. The molecule has 2 atom stereocenters. The average Bonchev–Trinajstić information content (AvgIpc) is 3.85. The highest BCUT2D eigenvalue weighted by Crippen LogP contribution is 2.26. The smallest absolute Gasteiger partial charge is 0.410 e. The van der Waals surface area contributed by atoms with Crippen LogP contribution in [0.1, 0.15) is 79.7 Å². The average molecular weight is 707 g/mol. The summed E-state index contributed by atoms with van der Waals surface area (Å²) in [5.74, 6) is 0.312. The van der Waals surface area contributed by atoms with Gasteiger partial charge in [-0.1, -0.05) is 60.2 Å². The fourth-order valence-corrected chi connectivity index (χ4v) is 6.92. The van der Waals surface area contributed by atoms with Crippen LogP contribution in [0.4, 0.5) is 13.6 Å². The van der Waals surface area contributed by atoms with Crippen LogP contribution < -0.4 is 5.32 Å². The Labute approximate surface area is 305 Å². The van der Waals surface area contributed by atoms with E-state index in [1.165, 1.54) is 48.4 Å². The number of likely N-dealkylation sites (tertiary alicyclic amines) is 1. The van der Waals surface area contributed by atoms with Crippen LogP contribution in [0.3, 0.4) is 0 Å². The first-order chi connectivity index (χ1) is 25.3. The number of ether oxygens (including phenoxy) is 1. The maximum Gasteiger partial charge on any atom is 0.410 e. The zero-order valence-electron chi connectivity index (χ0n) is 30.0. The molecule has 4 heterocycles. The molecule has 52 heavy (non-hydrogen) atoms. The van der Waals surface area contributed by atoms with Gasteiger partial charge < -0.3 is 24.1 Å². The topological polar surface area (TPSA) is 77.2 Å². The number of hydrogen-bond acceptors (Lipinski definition) is 5. The number of imidazole rings is 2. The number of rotatable bonds is 9. The normalized spacial score (nSPS) is 16.1. The number of aromatic nitrogens is 4. The molecule has 5 aromatic rings. The van der Waals surface area contributed by atoms with Crippen LogP contribution in [0, 0.1) is 17.6 Å². The van der Waals surface area contributed by atoms with Crippen LogP contribution in [0.5, 0.6) is 0 Å². The van der Waals surface area contributed by atoms with E-state index in [2.05, 4.69) is 44.3 Å². The van der Waals surface area contributed by atoms with Gasteiger partial charge in [0.05, 0.1) is 36.6 Å². The van der Waals surface area contributed by atoms with Crippen molar-refractivity contribution in [3.63, 3.8) is 0 Å². The molecule has 0 spiro atoms. The van der Waals surface area contributed by atoms with Gasteiger partial charge >= 0.3 is 6.09 Å².